The minimum atomic E-state index is 0.574. The number of fused-ring (bicyclic) bond motifs is 1. The summed E-state index contributed by atoms with van der Waals surface area (Å²) in [6.45, 7) is 7.86. The number of rotatable bonds is 4. The Morgan fingerprint density at radius 2 is 1.68 bits per heavy atom. The standard InChI is InChI=1S/C25H31N5O/c1-17-3-5-23-19(15-17)16-22(24-6-4-18(2)28-29-24)25(27-23)30-11-7-20(8-12-30)26-21-9-13-31-14-10-21/h3-6,15-16,20-21,26H,7-14H2,1-2H3. The van der Waals surface area contributed by atoms with Gasteiger partial charge in [-0.25, -0.2) is 4.98 Å². The van der Waals surface area contributed by atoms with Crippen LogP contribution in [0.15, 0.2) is 36.4 Å². The quantitative estimate of drug-likeness (QED) is 0.691. The number of anilines is 1. The minimum Gasteiger partial charge on any atom is -0.381 e. The van der Waals surface area contributed by atoms with Crippen LogP contribution in [0.3, 0.4) is 0 Å². The van der Waals surface area contributed by atoms with E-state index in [0.29, 0.717) is 12.1 Å². The van der Waals surface area contributed by atoms with Gasteiger partial charge in [0.1, 0.15) is 5.82 Å². The van der Waals surface area contributed by atoms with Crippen LogP contribution in [0.5, 0.6) is 0 Å². The van der Waals surface area contributed by atoms with Crippen LogP contribution < -0.4 is 10.2 Å². The highest BCUT2D eigenvalue weighted by Crippen LogP contribution is 2.33. The highest BCUT2D eigenvalue weighted by atomic mass is 16.5. The lowest BCUT2D eigenvalue weighted by Crippen LogP contribution is -2.48. The summed E-state index contributed by atoms with van der Waals surface area (Å²) in [4.78, 5) is 7.53. The van der Waals surface area contributed by atoms with Crippen LogP contribution in [0, 0.1) is 13.8 Å². The van der Waals surface area contributed by atoms with Crippen molar-refractivity contribution < 1.29 is 4.74 Å². The Balaban J connectivity index is 1.41. The first kappa shape index (κ1) is 20.3. The predicted molar refractivity (Wildman–Crippen MR) is 124 cm³/mol. The van der Waals surface area contributed by atoms with Gasteiger partial charge in [0.2, 0.25) is 0 Å². The third kappa shape index (κ3) is 4.55. The summed E-state index contributed by atoms with van der Waals surface area (Å²) in [5.74, 6) is 1.03. The average molecular weight is 418 g/mol. The first-order chi connectivity index (χ1) is 15.2. The van der Waals surface area contributed by atoms with Gasteiger partial charge < -0.3 is 15.0 Å². The second kappa shape index (κ2) is 8.89. The van der Waals surface area contributed by atoms with Crippen LogP contribution in [-0.4, -0.2) is 53.6 Å². The first-order valence-corrected chi connectivity index (χ1v) is 11.5. The van der Waals surface area contributed by atoms with Gasteiger partial charge in [0.05, 0.1) is 16.9 Å². The van der Waals surface area contributed by atoms with Gasteiger partial charge in [0, 0.05) is 49.3 Å². The van der Waals surface area contributed by atoms with E-state index < -0.39 is 0 Å². The molecule has 6 heteroatoms. The summed E-state index contributed by atoms with van der Waals surface area (Å²) in [5, 5.41) is 13.8. The highest BCUT2D eigenvalue weighted by Gasteiger charge is 2.25. The lowest BCUT2D eigenvalue weighted by atomic mass is 10.00. The van der Waals surface area contributed by atoms with Crippen LogP contribution in [0.25, 0.3) is 22.2 Å². The zero-order valence-electron chi connectivity index (χ0n) is 18.5. The molecular weight excluding hydrogens is 386 g/mol. The molecule has 0 atom stereocenters. The number of piperidine rings is 1. The summed E-state index contributed by atoms with van der Waals surface area (Å²) in [6, 6.07) is 13.9. The van der Waals surface area contributed by atoms with Gasteiger partial charge in [-0.3, -0.25) is 0 Å². The Kier molecular flexibility index (Phi) is 5.83. The predicted octanol–water partition coefficient (Wildman–Crippen LogP) is 4.05. The number of nitrogens with one attached hydrogen (secondary N) is 1. The van der Waals surface area contributed by atoms with Crippen LogP contribution >= 0.6 is 0 Å². The van der Waals surface area contributed by atoms with Crippen molar-refractivity contribution in [2.24, 2.45) is 0 Å². The zero-order valence-corrected chi connectivity index (χ0v) is 18.5. The molecule has 162 valence electrons. The molecule has 2 aliphatic rings. The number of aromatic nitrogens is 3. The number of nitrogens with zero attached hydrogens (tertiary/aromatic N) is 4. The van der Waals surface area contributed by atoms with Gasteiger partial charge >= 0.3 is 0 Å². The van der Waals surface area contributed by atoms with Gasteiger partial charge in [0.25, 0.3) is 0 Å². The van der Waals surface area contributed by atoms with Crippen molar-refractivity contribution in [1.29, 1.82) is 0 Å². The van der Waals surface area contributed by atoms with E-state index in [-0.39, 0.29) is 0 Å². The summed E-state index contributed by atoms with van der Waals surface area (Å²) >= 11 is 0. The molecule has 1 N–H and O–H groups in total. The summed E-state index contributed by atoms with van der Waals surface area (Å²) < 4.78 is 5.50. The Morgan fingerprint density at radius 1 is 0.903 bits per heavy atom. The molecule has 2 fully saturated rings. The topological polar surface area (TPSA) is 63.2 Å². The summed E-state index contributed by atoms with van der Waals surface area (Å²) in [6.07, 6.45) is 4.51. The smallest absolute Gasteiger partial charge is 0.138 e. The van der Waals surface area contributed by atoms with Crippen molar-refractivity contribution in [1.82, 2.24) is 20.5 Å². The Labute approximate surface area is 184 Å². The molecular formula is C25H31N5O. The van der Waals surface area contributed by atoms with Gasteiger partial charge in [-0.15, -0.1) is 0 Å². The van der Waals surface area contributed by atoms with Crippen LogP contribution in [0.4, 0.5) is 5.82 Å². The molecule has 2 aromatic heterocycles. The van der Waals surface area contributed by atoms with E-state index in [1.807, 2.05) is 13.0 Å². The molecule has 1 aromatic carbocycles. The van der Waals surface area contributed by atoms with E-state index in [2.05, 4.69) is 57.7 Å². The number of ether oxygens (including phenoxy) is 1. The van der Waals surface area contributed by atoms with Gasteiger partial charge in [-0.05, 0) is 69.9 Å². The van der Waals surface area contributed by atoms with Crippen molar-refractivity contribution in [3.8, 4) is 11.3 Å². The minimum absolute atomic E-state index is 0.574. The van der Waals surface area contributed by atoms with Crippen molar-refractivity contribution >= 4 is 16.7 Å². The van der Waals surface area contributed by atoms with Crippen molar-refractivity contribution in [2.45, 2.75) is 51.6 Å². The van der Waals surface area contributed by atoms with E-state index >= 15 is 0 Å². The Bertz CT molecular complexity index is 1040. The third-order valence-corrected chi connectivity index (χ3v) is 6.51. The molecule has 0 bridgehead atoms. The van der Waals surface area contributed by atoms with Gasteiger partial charge in [-0.1, -0.05) is 11.6 Å². The lowest BCUT2D eigenvalue weighted by Gasteiger charge is -2.36. The molecule has 0 saturated carbocycles. The number of pyridine rings is 1. The molecule has 0 unspecified atom stereocenters. The van der Waals surface area contributed by atoms with Gasteiger partial charge in [-0.2, -0.15) is 10.2 Å². The second-order valence-electron chi connectivity index (χ2n) is 8.93. The largest absolute Gasteiger partial charge is 0.381 e. The van der Waals surface area contributed by atoms with Crippen molar-refractivity contribution in [3.63, 3.8) is 0 Å². The molecule has 2 saturated heterocycles. The molecule has 0 spiro atoms. The Hall–Kier alpha value is -2.57. The van der Waals surface area contributed by atoms with Crippen LogP contribution in [0.2, 0.25) is 0 Å². The van der Waals surface area contributed by atoms with E-state index in [0.717, 1.165) is 85.7 Å². The maximum Gasteiger partial charge on any atom is 0.138 e. The van der Waals surface area contributed by atoms with Crippen molar-refractivity contribution in [3.05, 3.63) is 47.7 Å². The van der Waals surface area contributed by atoms with Crippen molar-refractivity contribution in [2.75, 3.05) is 31.2 Å². The molecule has 0 amide bonds. The molecule has 3 aromatic rings. The molecule has 0 radical (unpaired) electrons. The monoisotopic (exact) mass is 417 g/mol. The van der Waals surface area contributed by atoms with E-state index in [9.17, 15) is 0 Å². The summed E-state index contributed by atoms with van der Waals surface area (Å²) in [5.41, 5.74) is 5.16. The number of hydrogen-bond acceptors (Lipinski definition) is 6. The zero-order chi connectivity index (χ0) is 21.2. The lowest BCUT2D eigenvalue weighted by molar-refractivity contribution is 0.0738. The number of aryl methyl sites for hydroxylation is 2. The Morgan fingerprint density at radius 3 is 2.42 bits per heavy atom. The van der Waals surface area contributed by atoms with E-state index in [1.54, 1.807) is 0 Å². The SMILES string of the molecule is Cc1ccc2nc(N3CCC(NC4CCOCC4)CC3)c(-c3ccc(C)nn3)cc2c1. The third-order valence-electron chi connectivity index (χ3n) is 6.51. The molecule has 31 heavy (non-hydrogen) atoms. The van der Waals surface area contributed by atoms with E-state index in [4.69, 9.17) is 9.72 Å². The maximum atomic E-state index is 5.50. The molecule has 4 heterocycles. The van der Waals surface area contributed by atoms with Crippen LogP contribution in [-0.2, 0) is 4.74 Å². The fourth-order valence-corrected chi connectivity index (χ4v) is 4.71. The number of benzene rings is 1. The number of hydrogen-bond donors (Lipinski definition) is 1. The highest BCUT2D eigenvalue weighted by molar-refractivity contribution is 5.89. The fraction of sp³-hybridized carbons (Fsp3) is 0.480. The van der Waals surface area contributed by atoms with E-state index in [1.165, 1.54) is 5.56 Å². The molecule has 0 aliphatic carbocycles. The van der Waals surface area contributed by atoms with Gasteiger partial charge in [0.15, 0.2) is 0 Å². The maximum absolute atomic E-state index is 5.50. The summed E-state index contributed by atoms with van der Waals surface area (Å²) in [7, 11) is 0. The molecule has 6 nitrogen and oxygen atoms in total. The second-order valence-corrected chi connectivity index (χ2v) is 8.93. The molecule has 2 aliphatic heterocycles. The van der Waals surface area contributed by atoms with Crippen LogP contribution in [0.1, 0.15) is 36.9 Å². The average Bonchev–Trinajstić information content (AvgIpc) is 2.80. The normalized spacial score (nSPS) is 18.6. The first-order valence-electron chi connectivity index (χ1n) is 11.5. The fourth-order valence-electron chi connectivity index (χ4n) is 4.71. The molecule has 5 rings (SSSR count).